The van der Waals surface area contributed by atoms with Crippen LogP contribution in [0.4, 0.5) is 0 Å². The maximum Gasteiger partial charge on any atom is 0.0943 e. The van der Waals surface area contributed by atoms with E-state index in [0.29, 0.717) is 5.37 Å². The molecule has 2 atom stereocenters. The van der Waals surface area contributed by atoms with Gasteiger partial charge in [0.15, 0.2) is 0 Å². The van der Waals surface area contributed by atoms with Gasteiger partial charge in [0.25, 0.3) is 0 Å². The van der Waals surface area contributed by atoms with E-state index >= 15 is 0 Å². The van der Waals surface area contributed by atoms with Gasteiger partial charge in [0.1, 0.15) is 0 Å². The van der Waals surface area contributed by atoms with Gasteiger partial charge in [0.05, 0.1) is 15.0 Å². The monoisotopic (exact) mass is 189 g/mol. The number of rotatable bonds is 2. The fraction of sp³-hybridized carbons (Fsp3) is 0.875. The molecule has 0 aromatic heterocycles. The first-order chi connectivity index (χ1) is 5.22. The average Bonchev–Trinajstić information content (AvgIpc) is 1.85. The zero-order valence-corrected chi connectivity index (χ0v) is 8.97. The Balaban J connectivity index is 2.43. The number of hydrogen-bond acceptors (Lipinski definition) is 3. The normalized spacial score (nSPS) is 31.7. The molecule has 0 amide bonds. The summed E-state index contributed by atoms with van der Waals surface area (Å²) in [6.07, 6.45) is 2.59. The van der Waals surface area contributed by atoms with Gasteiger partial charge in [-0.2, -0.15) is 0 Å². The smallest absolute Gasteiger partial charge is 0.0943 e. The van der Waals surface area contributed by atoms with Crippen molar-refractivity contribution in [1.82, 2.24) is 0 Å². The van der Waals surface area contributed by atoms with Crippen LogP contribution < -0.4 is 0 Å². The van der Waals surface area contributed by atoms with Crippen molar-refractivity contribution in [2.45, 2.75) is 43.6 Å². The first kappa shape index (κ1) is 9.46. The topological polar surface area (TPSA) is 12.4 Å². The van der Waals surface area contributed by atoms with Gasteiger partial charge in [-0.25, -0.2) is 0 Å². The first-order valence-electron chi connectivity index (χ1n) is 4.09. The minimum atomic E-state index is 0.479. The highest BCUT2D eigenvalue weighted by Gasteiger charge is 2.18. The van der Waals surface area contributed by atoms with Gasteiger partial charge < -0.3 is 0 Å². The number of nitrogens with zero attached hydrogens (tertiary/aromatic N) is 1. The maximum absolute atomic E-state index is 4.46. The highest BCUT2D eigenvalue weighted by molar-refractivity contribution is 8.25. The van der Waals surface area contributed by atoms with Crippen LogP contribution in [-0.2, 0) is 0 Å². The van der Waals surface area contributed by atoms with E-state index in [0.717, 1.165) is 4.58 Å². The summed E-state index contributed by atoms with van der Waals surface area (Å²) in [6, 6.07) is 0. The second-order valence-corrected chi connectivity index (χ2v) is 5.94. The molecule has 0 fully saturated rings. The Bertz CT molecular complexity index is 156. The van der Waals surface area contributed by atoms with Crippen LogP contribution in [0.5, 0.6) is 0 Å². The summed E-state index contributed by atoms with van der Waals surface area (Å²) in [4.78, 5) is 4.46. The van der Waals surface area contributed by atoms with Gasteiger partial charge in [0, 0.05) is 0 Å². The van der Waals surface area contributed by atoms with E-state index in [1.54, 1.807) is 0 Å². The van der Waals surface area contributed by atoms with Gasteiger partial charge >= 0.3 is 0 Å². The van der Waals surface area contributed by atoms with E-state index in [9.17, 15) is 0 Å². The van der Waals surface area contributed by atoms with Crippen molar-refractivity contribution in [3.05, 3.63) is 0 Å². The van der Waals surface area contributed by atoms with Crippen molar-refractivity contribution >= 4 is 28.6 Å². The molecule has 0 saturated carbocycles. The molecule has 0 aliphatic carbocycles. The molecular formula is C8H15NS2. The molecule has 11 heavy (non-hydrogen) atoms. The van der Waals surface area contributed by atoms with Gasteiger partial charge in [-0.15, -0.1) is 11.8 Å². The van der Waals surface area contributed by atoms with Gasteiger partial charge in [-0.1, -0.05) is 25.1 Å². The van der Waals surface area contributed by atoms with Crippen molar-refractivity contribution < 1.29 is 0 Å². The summed E-state index contributed by atoms with van der Waals surface area (Å²) < 4.78 is 0.757. The lowest BCUT2D eigenvalue weighted by atomic mass is 10.4. The molecule has 1 aliphatic rings. The minimum Gasteiger partial charge on any atom is -0.269 e. The summed E-state index contributed by atoms with van der Waals surface area (Å²) in [5.74, 6) is 0. The first-order valence-corrected chi connectivity index (χ1v) is 5.91. The molecule has 0 N–H and O–H groups in total. The predicted octanol–water partition coefficient (Wildman–Crippen LogP) is 3.36. The minimum absolute atomic E-state index is 0.479. The molecule has 0 bridgehead atoms. The Labute approximate surface area is 77.4 Å². The van der Waals surface area contributed by atoms with Crippen LogP contribution >= 0.6 is 23.5 Å². The van der Waals surface area contributed by atoms with Crippen LogP contribution in [0.25, 0.3) is 0 Å². The summed E-state index contributed by atoms with van der Waals surface area (Å²) in [5, 5.41) is 1.74. The van der Waals surface area contributed by atoms with E-state index in [-0.39, 0.29) is 0 Å². The highest BCUT2D eigenvalue weighted by Crippen LogP contribution is 2.36. The van der Waals surface area contributed by atoms with Crippen molar-refractivity contribution in [3.8, 4) is 0 Å². The van der Waals surface area contributed by atoms with Crippen LogP contribution in [0.1, 0.15) is 33.6 Å². The summed E-state index contributed by atoms with van der Waals surface area (Å²) >= 11 is 3.92. The van der Waals surface area contributed by atoms with Crippen molar-refractivity contribution in [3.63, 3.8) is 0 Å². The van der Waals surface area contributed by atoms with E-state index in [1.807, 2.05) is 23.5 Å². The summed E-state index contributed by atoms with van der Waals surface area (Å²) in [6.45, 7) is 6.53. The Morgan fingerprint density at radius 2 is 2.27 bits per heavy atom. The van der Waals surface area contributed by atoms with Crippen LogP contribution in [0.15, 0.2) is 4.99 Å². The van der Waals surface area contributed by atoms with Crippen molar-refractivity contribution in [2.75, 3.05) is 0 Å². The molecule has 0 spiro atoms. The molecule has 0 saturated heterocycles. The fourth-order valence-corrected chi connectivity index (χ4v) is 4.29. The zero-order chi connectivity index (χ0) is 8.27. The number of thioether (sulfide) groups is 2. The lowest BCUT2D eigenvalue weighted by molar-refractivity contribution is 0.863. The Morgan fingerprint density at radius 1 is 1.55 bits per heavy atom. The second-order valence-electron chi connectivity index (χ2n) is 2.72. The van der Waals surface area contributed by atoms with Gasteiger partial charge in [0.2, 0.25) is 0 Å². The Hall–Kier alpha value is 0.370. The maximum atomic E-state index is 4.46. The lowest BCUT2D eigenvalue weighted by Gasteiger charge is -2.22. The molecule has 1 rings (SSSR count). The third-order valence-corrected chi connectivity index (χ3v) is 4.14. The molecule has 0 aromatic rings. The molecule has 1 nitrogen and oxygen atoms in total. The zero-order valence-electron chi connectivity index (χ0n) is 7.33. The largest absolute Gasteiger partial charge is 0.269 e. The van der Waals surface area contributed by atoms with Crippen LogP contribution in [0.2, 0.25) is 0 Å². The Morgan fingerprint density at radius 3 is 2.82 bits per heavy atom. The molecule has 0 aromatic carbocycles. The number of aliphatic imine (C=N–C) groups is 1. The van der Waals surface area contributed by atoms with Gasteiger partial charge in [-0.05, 0) is 20.3 Å². The molecule has 1 aliphatic heterocycles. The van der Waals surface area contributed by atoms with E-state index in [1.165, 1.54) is 17.9 Å². The quantitative estimate of drug-likeness (QED) is 0.660. The molecule has 2 unspecified atom stereocenters. The second kappa shape index (κ2) is 4.41. The molecule has 64 valence electrons. The number of hydrogen-bond donors (Lipinski definition) is 0. The standard InChI is InChI=1S/C8H15NS2/c1-4-5-8-10-6(2)9-7(3)11-8/h6,8H,4-5H2,1-3H3. The predicted molar refractivity (Wildman–Crippen MR) is 56.4 cm³/mol. The SMILES string of the molecule is CCCC1SC(C)=NC(C)S1. The summed E-state index contributed by atoms with van der Waals surface area (Å²) in [7, 11) is 0. The van der Waals surface area contributed by atoms with Gasteiger partial charge in [-0.3, -0.25) is 4.99 Å². The van der Waals surface area contributed by atoms with E-state index < -0.39 is 0 Å². The van der Waals surface area contributed by atoms with Crippen LogP contribution in [0.3, 0.4) is 0 Å². The molecular weight excluding hydrogens is 174 g/mol. The fourth-order valence-electron chi connectivity index (χ4n) is 1.12. The van der Waals surface area contributed by atoms with Crippen molar-refractivity contribution in [2.24, 2.45) is 4.99 Å². The molecule has 0 radical (unpaired) electrons. The van der Waals surface area contributed by atoms with Crippen LogP contribution in [-0.4, -0.2) is 15.0 Å². The average molecular weight is 189 g/mol. The van der Waals surface area contributed by atoms with E-state index in [2.05, 4.69) is 25.8 Å². The molecule has 1 heterocycles. The Kier molecular flexibility index (Phi) is 3.79. The third kappa shape index (κ3) is 3.08. The third-order valence-electron chi connectivity index (χ3n) is 1.54. The lowest BCUT2D eigenvalue weighted by Crippen LogP contribution is -2.12. The van der Waals surface area contributed by atoms with Crippen molar-refractivity contribution in [1.29, 1.82) is 0 Å². The van der Waals surface area contributed by atoms with Crippen LogP contribution in [0, 0.1) is 0 Å². The summed E-state index contributed by atoms with van der Waals surface area (Å²) in [5.41, 5.74) is 0. The molecule has 3 heteroatoms. The highest BCUT2D eigenvalue weighted by atomic mass is 32.2. The van der Waals surface area contributed by atoms with E-state index in [4.69, 9.17) is 0 Å².